The monoisotopic (exact) mass is 350 g/mol. The number of hydrogen-bond donors (Lipinski definition) is 1. The third kappa shape index (κ3) is 2.98. The third-order valence-electron chi connectivity index (χ3n) is 2.01. The predicted octanol–water partition coefficient (Wildman–Crippen LogP) is 3.68. The van der Waals surface area contributed by atoms with E-state index in [9.17, 15) is 18.3 Å². The van der Waals surface area contributed by atoms with Crippen molar-refractivity contribution in [1.82, 2.24) is 0 Å². The highest BCUT2D eigenvalue weighted by Crippen LogP contribution is 2.36. The van der Waals surface area contributed by atoms with Crippen LogP contribution in [-0.4, -0.2) is 16.9 Å². The van der Waals surface area contributed by atoms with Crippen molar-refractivity contribution >= 4 is 34.2 Å². The van der Waals surface area contributed by atoms with Crippen molar-refractivity contribution in [2.45, 2.75) is 18.2 Å². The van der Waals surface area contributed by atoms with E-state index in [0.717, 1.165) is 18.2 Å². The maximum atomic E-state index is 12.2. The van der Waals surface area contributed by atoms with Gasteiger partial charge in [-0.1, -0.05) is 46.3 Å². The SMILES string of the molecule is OC1(/C(Cl)=C\I)C=CC(C(F)(F)F)=CC1. The van der Waals surface area contributed by atoms with Gasteiger partial charge in [0.05, 0.1) is 10.6 Å². The molecular formula is C9H7ClF3IO. The molecule has 0 saturated carbocycles. The topological polar surface area (TPSA) is 20.2 Å². The Hall–Kier alpha value is -0.0100. The fraction of sp³-hybridized carbons (Fsp3) is 0.333. The van der Waals surface area contributed by atoms with Gasteiger partial charge >= 0.3 is 6.18 Å². The van der Waals surface area contributed by atoms with Gasteiger partial charge in [-0.15, -0.1) is 0 Å². The molecule has 0 heterocycles. The second-order valence-electron chi connectivity index (χ2n) is 3.08. The lowest BCUT2D eigenvalue weighted by molar-refractivity contribution is -0.0891. The summed E-state index contributed by atoms with van der Waals surface area (Å²) in [7, 11) is 0. The van der Waals surface area contributed by atoms with Crippen molar-refractivity contribution in [2.24, 2.45) is 0 Å². The Kier molecular flexibility index (Phi) is 3.89. The first-order valence-electron chi connectivity index (χ1n) is 3.95. The maximum absolute atomic E-state index is 12.2. The Bertz CT molecular complexity index is 346. The number of alkyl halides is 3. The van der Waals surface area contributed by atoms with Crippen molar-refractivity contribution in [1.29, 1.82) is 0 Å². The summed E-state index contributed by atoms with van der Waals surface area (Å²) in [6.07, 6.45) is -1.71. The Balaban J connectivity index is 2.89. The second kappa shape index (κ2) is 4.47. The van der Waals surface area contributed by atoms with Crippen LogP contribution in [0.25, 0.3) is 0 Å². The summed E-state index contributed by atoms with van der Waals surface area (Å²) in [5.41, 5.74) is -2.26. The van der Waals surface area contributed by atoms with Crippen LogP contribution in [0.2, 0.25) is 0 Å². The lowest BCUT2D eigenvalue weighted by atomic mass is 9.92. The minimum absolute atomic E-state index is 0.108. The van der Waals surface area contributed by atoms with Crippen LogP contribution in [-0.2, 0) is 0 Å². The third-order valence-corrected chi connectivity index (χ3v) is 3.44. The zero-order chi connectivity index (χ0) is 11.7. The predicted molar refractivity (Wildman–Crippen MR) is 60.8 cm³/mol. The maximum Gasteiger partial charge on any atom is 0.416 e. The van der Waals surface area contributed by atoms with E-state index in [2.05, 4.69) is 0 Å². The van der Waals surface area contributed by atoms with Crippen molar-refractivity contribution in [3.8, 4) is 0 Å². The van der Waals surface area contributed by atoms with Gasteiger partial charge in [-0.3, -0.25) is 0 Å². The molecule has 0 bridgehead atoms. The van der Waals surface area contributed by atoms with Crippen LogP contribution >= 0.6 is 34.2 Å². The summed E-state index contributed by atoms with van der Waals surface area (Å²) < 4.78 is 38.1. The normalized spacial score (nSPS) is 27.9. The van der Waals surface area contributed by atoms with E-state index in [1.807, 2.05) is 22.6 Å². The molecule has 0 fully saturated rings. The van der Waals surface area contributed by atoms with Crippen molar-refractivity contribution in [3.63, 3.8) is 0 Å². The molecule has 15 heavy (non-hydrogen) atoms. The molecule has 0 aliphatic heterocycles. The smallest absolute Gasteiger partial charge is 0.380 e. The van der Waals surface area contributed by atoms with Crippen LogP contribution in [0.4, 0.5) is 13.2 Å². The van der Waals surface area contributed by atoms with E-state index in [0.29, 0.717) is 0 Å². The first kappa shape index (κ1) is 13.1. The van der Waals surface area contributed by atoms with Gasteiger partial charge in [0, 0.05) is 6.42 Å². The molecule has 0 aromatic rings. The molecule has 1 atom stereocenters. The van der Waals surface area contributed by atoms with Crippen molar-refractivity contribution in [2.75, 3.05) is 0 Å². The standard InChI is InChI=1S/C9H7ClF3IO/c10-7(5-14)8(15)3-1-6(2-4-8)9(11,12)13/h1-3,5,15H,4H2/b7-5+. The minimum Gasteiger partial charge on any atom is -0.380 e. The van der Waals surface area contributed by atoms with Gasteiger partial charge in [-0.25, -0.2) is 0 Å². The van der Waals surface area contributed by atoms with Gasteiger partial charge in [0.2, 0.25) is 0 Å². The van der Waals surface area contributed by atoms with Gasteiger partial charge in [0.1, 0.15) is 5.60 Å². The zero-order valence-electron chi connectivity index (χ0n) is 7.35. The molecule has 0 radical (unpaired) electrons. The van der Waals surface area contributed by atoms with Crippen LogP contribution in [0.15, 0.2) is 32.9 Å². The van der Waals surface area contributed by atoms with E-state index in [1.165, 1.54) is 4.08 Å². The lowest BCUT2D eigenvalue weighted by Gasteiger charge is -2.26. The van der Waals surface area contributed by atoms with Crippen LogP contribution in [0.3, 0.4) is 0 Å². The highest BCUT2D eigenvalue weighted by Gasteiger charge is 2.37. The number of rotatable bonds is 1. The summed E-state index contributed by atoms with van der Waals surface area (Å²) in [4.78, 5) is 0. The summed E-state index contributed by atoms with van der Waals surface area (Å²) in [5.74, 6) is 0. The van der Waals surface area contributed by atoms with Gasteiger partial charge in [0.15, 0.2) is 0 Å². The summed E-state index contributed by atoms with van der Waals surface area (Å²) in [6, 6.07) is 0. The first-order valence-corrected chi connectivity index (χ1v) is 5.57. The van der Waals surface area contributed by atoms with Crippen LogP contribution in [0, 0.1) is 0 Å². The molecule has 6 heteroatoms. The molecular weight excluding hydrogens is 343 g/mol. The molecule has 1 nitrogen and oxygen atoms in total. The van der Waals surface area contributed by atoms with Crippen LogP contribution < -0.4 is 0 Å². The average Bonchev–Trinajstić information content (AvgIpc) is 2.15. The fourth-order valence-electron chi connectivity index (χ4n) is 1.11. The van der Waals surface area contributed by atoms with Crippen molar-refractivity contribution < 1.29 is 18.3 Å². The van der Waals surface area contributed by atoms with Gasteiger partial charge in [-0.2, -0.15) is 13.2 Å². The minimum atomic E-state index is -4.38. The number of allylic oxidation sites excluding steroid dienone is 2. The van der Waals surface area contributed by atoms with Gasteiger partial charge in [0.25, 0.3) is 0 Å². The molecule has 0 spiro atoms. The van der Waals surface area contributed by atoms with Gasteiger partial charge < -0.3 is 5.11 Å². The van der Waals surface area contributed by atoms with E-state index in [-0.39, 0.29) is 11.5 Å². The summed E-state index contributed by atoms with van der Waals surface area (Å²) >= 11 is 7.51. The Labute approximate surface area is 103 Å². The Morgan fingerprint density at radius 1 is 1.60 bits per heavy atom. The lowest BCUT2D eigenvalue weighted by Crippen LogP contribution is -2.28. The average molecular weight is 351 g/mol. The summed E-state index contributed by atoms with van der Waals surface area (Å²) in [6.45, 7) is 0. The highest BCUT2D eigenvalue weighted by molar-refractivity contribution is 14.1. The van der Waals surface area contributed by atoms with E-state index in [1.54, 1.807) is 0 Å². The molecule has 1 unspecified atom stereocenters. The highest BCUT2D eigenvalue weighted by atomic mass is 127. The first-order chi connectivity index (χ1) is 6.79. The molecule has 1 N–H and O–H groups in total. The quantitative estimate of drug-likeness (QED) is 0.715. The Morgan fingerprint density at radius 3 is 2.53 bits per heavy atom. The molecule has 0 aromatic carbocycles. The van der Waals surface area contributed by atoms with E-state index in [4.69, 9.17) is 11.6 Å². The largest absolute Gasteiger partial charge is 0.416 e. The fourth-order valence-corrected chi connectivity index (χ4v) is 1.79. The number of aliphatic hydroxyl groups is 1. The molecule has 1 rings (SSSR count). The zero-order valence-corrected chi connectivity index (χ0v) is 10.3. The second-order valence-corrected chi connectivity index (χ2v) is 4.11. The van der Waals surface area contributed by atoms with Crippen LogP contribution in [0.1, 0.15) is 6.42 Å². The molecule has 0 saturated heterocycles. The molecule has 1 aliphatic rings. The van der Waals surface area contributed by atoms with Crippen molar-refractivity contribution in [3.05, 3.63) is 32.9 Å². The summed E-state index contributed by atoms with van der Waals surface area (Å²) in [5, 5.41) is 9.93. The van der Waals surface area contributed by atoms with Gasteiger partial charge in [-0.05, 0) is 10.2 Å². The Morgan fingerprint density at radius 2 is 2.20 bits per heavy atom. The van der Waals surface area contributed by atoms with Crippen LogP contribution in [0.5, 0.6) is 0 Å². The van der Waals surface area contributed by atoms with E-state index >= 15 is 0 Å². The molecule has 84 valence electrons. The molecule has 1 aliphatic carbocycles. The number of hydrogen-bond acceptors (Lipinski definition) is 1. The molecule has 0 aromatic heterocycles. The number of halogens is 5. The van der Waals surface area contributed by atoms with E-state index < -0.39 is 17.4 Å². The molecule has 0 amide bonds.